The zero-order chi connectivity index (χ0) is 12.4. The molecule has 0 bridgehead atoms. The van der Waals surface area contributed by atoms with Crippen molar-refractivity contribution in [3.05, 3.63) is 16.6 Å². The van der Waals surface area contributed by atoms with E-state index in [-0.39, 0.29) is 0 Å². The Hall–Kier alpha value is -0.940. The summed E-state index contributed by atoms with van der Waals surface area (Å²) in [6, 6.07) is 0. The van der Waals surface area contributed by atoms with E-state index in [1.807, 2.05) is 13.8 Å². The molecule has 0 amide bonds. The third kappa shape index (κ3) is 2.59. The summed E-state index contributed by atoms with van der Waals surface area (Å²) in [6.45, 7) is 7.92. The van der Waals surface area contributed by atoms with E-state index in [0.29, 0.717) is 6.54 Å². The van der Waals surface area contributed by atoms with Crippen molar-refractivity contribution in [2.45, 2.75) is 39.8 Å². The highest BCUT2D eigenvalue weighted by atomic mass is 32.1. The van der Waals surface area contributed by atoms with Crippen LogP contribution in [0.25, 0.3) is 0 Å². The third-order valence-electron chi connectivity index (χ3n) is 3.29. The van der Waals surface area contributed by atoms with Gasteiger partial charge in [-0.25, -0.2) is 0 Å². The third-order valence-corrected chi connectivity index (χ3v) is 4.06. The second kappa shape index (κ2) is 4.51. The van der Waals surface area contributed by atoms with Crippen molar-refractivity contribution >= 4 is 17.3 Å². The molecule has 90 valence electrons. The molecule has 1 rings (SSSR count). The highest BCUT2D eigenvalue weighted by molar-refractivity contribution is 7.09. The minimum Gasteiger partial charge on any atom is -0.481 e. The molecule has 0 aromatic carbocycles. The van der Waals surface area contributed by atoms with Gasteiger partial charge in [0.15, 0.2) is 0 Å². The SMILES string of the molecule is CC(C)(NCc1cncs1)C(C)(C)C(=O)O. The monoisotopic (exact) mass is 242 g/mol. The van der Waals surface area contributed by atoms with Crippen LogP contribution in [0.4, 0.5) is 0 Å². The van der Waals surface area contributed by atoms with Gasteiger partial charge in [-0.05, 0) is 27.7 Å². The lowest BCUT2D eigenvalue weighted by Crippen LogP contribution is -2.54. The standard InChI is InChI=1S/C11H18N2O2S/c1-10(2,9(14)15)11(3,4)13-6-8-5-12-7-16-8/h5,7,13H,6H2,1-4H3,(H,14,15). The number of nitrogens with zero attached hydrogens (tertiary/aromatic N) is 1. The summed E-state index contributed by atoms with van der Waals surface area (Å²) in [5, 5.41) is 12.5. The Morgan fingerprint density at radius 1 is 1.50 bits per heavy atom. The normalized spacial score (nSPS) is 12.8. The predicted molar refractivity (Wildman–Crippen MR) is 64.4 cm³/mol. The van der Waals surface area contributed by atoms with E-state index in [9.17, 15) is 9.90 Å². The molecular weight excluding hydrogens is 224 g/mol. The number of carboxylic acid groups (broad SMARTS) is 1. The van der Waals surface area contributed by atoms with E-state index in [1.54, 1.807) is 36.9 Å². The molecule has 0 aliphatic carbocycles. The van der Waals surface area contributed by atoms with Crippen molar-refractivity contribution < 1.29 is 9.90 Å². The molecule has 0 aliphatic rings. The van der Waals surface area contributed by atoms with Gasteiger partial charge in [0.2, 0.25) is 0 Å². The van der Waals surface area contributed by atoms with Crippen LogP contribution in [-0.4, -0.2) is 21.6 Å². The zero-order valence-electron chi connectivity index (χ0n) is 10.1. The van der Waals surface area contributed by atoms with Gasteiger partial charge in [-0.2, -0.15) is 0 Å². The summed E-state index contributed by atoms with van der Waals surface area (Å²) in [7, 11) is 0. The van der Waals surface area contributed by atoms with Crippen molar-refractivity contribution in [1.29, 1.82) is 0 Å². The first-order valence-electron chi connectivity index (χ1n) is 5.13. The molecule has 0 saturated heterocycles. The minimum absolute atomic E-state index is 0.483. The molecule has 0 unspecified atom stereocenters. The second-order valence-electron chi connectivity index (χ2n) is 4.88. The van der Waals surface area contributed by atoms with Gasteiger partial charge in [-0.1, -0.05) is 0 Å². The Labute approximate surface area is 99.7 Å². The van der Waals surface area contributed by atoms with Gasteiger partial charge in [-0.15, -0.1) is 11.3 Å². The van der Waals surface area contributed by atoms with Gasteiger partial charge in [0.05, 0.1) is 10.9 Å². The Morgan fingerprint density at radius 3 is 2.56 bits per heavy atom. The van der Waals surface area contributed by atoms with Gasteiger partial charge in [0.1, 0.15) is 0 Å². The number of nitrogens with one attached hydrogen (secondary N) is 1. The minimum atomic E-state index is -0.822. The van der Waals surface area contributed by atoms with Crippen molar-refractivity contribution in [2.24, 2.45) is 5.41 Å². The highest BCUT2D eigenvalue weighted by Gasteiger charge is 2.42. The molecule has 0 spiro atoms. The molecule has 0 radical (unpaired) electrons. The fourth-order valence-corrected chi connectivity index (χ4v) is 1.66. The smallest absolute Gasteiger partial charge is 0.310 e. The van der Waals surface area contributed by atoms with Gasteiger partial charge < -0.3 is 10.4 Å². The summed E-state index contributed by atoms with van der Waals surface area (Å²) in [5.74, 6) is -0.797. The molecule has 0 saturated carbocycles. The Bertz CT molecular complexity index is 358. The van der Waals surface area contributed by atoms with Crippen LogP contribution in [0.3, 0.4) is 0 Å². The molecule has 16 heavy (non-hydrogen) atoms. The first-order valence-corrected chi connectivity index (χ1v) is 6.01. The van der Waals surface area contributed by atoms with Gasteiger partial charge >= 0.3 is 5.97 Å². The van der Waals surface area contributed by atoms with E-state index in [4.69, 9.17) is 0 Å². The van der Waals surface area contributed by atoms with Crippen LogP contribution in [-0.2, 0) is 11.3 Å². The Balaban J connectivity index is 2.68. The lowest BCUT2D eigenvalue weighted by atomic mass is 9.74. The number of aliphatic carboxylic acids is 1. The quantitative estimate of drug-likeness (QED) is 0.830. The lowest BCUT2D eigenvalue weighted by Gasteiger charge is -2.39. The van der Waals surface area contributed by atoms with Gasteiger partial charge in [-0.3, -0.25) is 9.78 Å². The number of aromatic nitrogens is 1. The molecule has 4 nitrogen and oxygen atoms in total. The molecule has 2 N–H and O–H groups in total. The fourth-order valence-electron chi connectivity index (χ4n) is 1.13. The average Bonchev–Trinajstić information content (AvgIpc) is 2.66. The fraction of sp³-hybridized carbons (Fsp3) is 0.636. The zero-order valence-corrected chi connectivity index (χ0v) is 10.9. The van der Waals surface area contributed by atoms with Gasteiger partial charge in [0, 0.05) is 23.2 Å². The topological polar surface area (TPSA) is 62.2 Å². The summed E-state index contributed by atoms with van der Waals surface area (Å²) < 4.78 is 0. The summed E-state index contributed by atoms with van der Waals surface area (Å²) in [6.07, 6.45) is 1.79. The maximum atomic E-state index is 11.2. The van der Waals surface area contributed by atoms with E-state index in [1.165, 1.54) is 0 Å². The average molecular weight is 242 g/mol. The van der Waals surface area contributed by atoms with Crippen LogP contribution in [0, 0.1) is 5.41 Å². The number of carboxylic acids is 1. The molecule has 5 heteroatoms. The first kappa shape index (κ1) is 13.1. The number of carbonyl (C=O) groups is 1. The molecule has 1 heterocycles. The van der Waals surface area contributed by atoms with Crippen LogP contribution in [0.2, 0.25) is 0 Å². The maximum Gasteiger partial charge on any atom is 0.310 e. The highest BCUT2D eigenvalue weighted by Crippen LogP contribution is 2.31. The summed E-state index contributed by atoms with van der Waals surface area (Å²) in [4.78, 5) is 16.3. The largest absolute Gasteiger partial charge is 0.481 e. The van der Waals surface area contributed by atoms with Crippen LogP contribution in [0.5, 0.6) is 0 Å². The predicted octanol–water partition coefficient (Wildman–Crippen LogP) is 2.12. The maximum absolute atomic E-state index is 11.2. The Morgan fingerprint density at radius 2 is 2.12 bits per heavy atom. The van der Waals surface area contributed by atoms with Crippen molar-refractivity contribution in [3.8, 4) is 0 Å². The first-order chi connectivity index (χ1) is 7.27. The van der Waals surface area contributed by atoms with E-state index < -0.39 is 16.9 Å². The van der Waals surface area contributed by atoms with Crippen LogP contribution in [0.1, 0.15) is 32.6 Å². The van der Waals surface area contributed by atoms with Crippen molar-refractivity contribution in [2.75, 3.05) is 0 Å². The Kier molecular flexibility index (Phi) is 3.70. The van der Waals surface area contributed by atoms with Crippen LogP contribution >= 0.6 is 11.3 Å². The van der Waals surface area contributed by atoms with Crippen LogP contribution in [0.15, 0.2) is 11.7 Å². The van der Waals surface area contributed by atoms with Crippen molar-refractivity contribution in [3.63, 3.8) is 0 Å². The number of rotatable bonds is 5. The van der Waals surface area contributed by atoms with Gasteiger partial charge in [0.25, 0.3) is 0 Å². The molecule has 1 aromatic heterocycles. The number of thiazole rings is 1. The van der Waals surface area contributed by atoms with Crippen molar-refractivity contribution in [1.82, 2.24) is 10.3 Å². The molecule has 0 atom stereocenters. The molecule has 0 aliphatic heterocycles. The van der Waals surface area contributed by atoms with E-state index >= 15 is 0 Å². The number of hydrogen-bond donors (Lipinski definition) is 2. The summed E-state index contributed by atoms with van der Waals surface area (Å²) >= 11 is 1.56. The number of hydrogen-bond acceptors (Lipinski definition) is 4. The van der Waals surface area contributed by atoms with Crippen LogP contribution < -0.4 is 5.32 Å². The molecule has 1 aromatic rings. The molecular formula is C11H18N2O2S. The van der Waals surface area contributed by atoms with E-state index in [2.05, 4.69) is 10.3 Å². The second-order valence-corrected chi connectivity index (χ2v) is 5.85. The summed E-state index contributed by atoms with van der Waals surface area (Å²) in [5.41, 5.74) is 0.465. The molecule has 0 fully saturated rings. The lowest BCUT2D eigenvalue weighted by molar-refractivity contribution is -0.151. The van der Waals surface area contributed by atoms with E-state index in [0.717, 1.165) is 4.88 Å².